The lowest BCUT2D eigenvalue weighted by Gasteiger charge is -2.34. The topological polar surface area (TPSA) is 57.7 Å². The van der Waals surface area contributed by atoms with E-state index in [4.69, 9.17) is 4.74 Å². The van der Waals surface area contributed by atoms with Gasteiger partial charge in [0.05, 0.1) is 0 Å². The molecule has 140 valence electrons. The SMILES string of the molecule is CCN(CC)c1cccc(OCCNCC2(F)CCN(C=O)CC2)n1. The summed E-state index contributed by atoms with van der Waals surface area (Å²) in [7, 11) is 0. The summed E-state index contributed by atoms with van der Waals surface area (Å²) in [5.41, 5.74) is -1.24. The lowest BCUT2D eigenvalue weighted by atomic mass is 9.93. The van der Waals surface area contributed by atoms with Gasteiger partial charge >= 0.3 is 0 Å². The van der Waals surface area contributed by atoms with Crippen molar-refractivity contribution in [2.75, 3.05) is 50.8 Å². The number of carbonyl (C=O) groups excluding carboxylic acids is 1. The van der Waals surface area contributed by atoms with Gasteiger partial charge in [0.2, 0.25) is 12.3 Å². The van der Waals surface area contributed by atoms with Gasteiger partial charge in [-0.15, -0.1) is 0 Å². The van der Waals surface area contributed by atoms with Crippen molar-refractivity contribution >= 4 is 12.2 Å². The lowest BCUT2D eigenvalue weighted by Crippen LogP contribution is -2.47. The minimum atomic E-state index is -1.24. The molecule has 1 aromatic heterocycles. The number of anilines is 1. The molecule has 2 rings (SSSR count). The van der Waals surface area contributed by atoms with Crippen LogP contribution in [0.3, 0.4) is 0 Å². The minimum Gasteiger partial charge on any atom is -0.476 e. The van der Waals surface area contributed by atoms with Gasteiger partial charge in [-0.25, -0.2) is 4.39 Å². The van der Waals surface area contributed by atoms with E-state index >= 15 is 0 Å². The van der Waals surface area contributed by atoms with Gasteiger partial charge in [0.25, 0.3) is 0 Å². The number of ether oxygens (including phenoxy) is 1. The maximum atomic E-state index is 14.6. The summed E-state index contributed by atoms with van der Waals surface area (Å²) in [6.45, 7) is 8.23. The predicted octanol–water partition coefficient (Wildman–Crippen LogP) is 1.86. The van der Waals surface area contributed by atoms with E-state index in [0.29, 0.717) is 45.0 Å². The molecule has 1 N–H and O–H groups in total. The summed E-state index contributed by atoms with van der Waals surface area (Å²) in [6.07, 6.45) is 1.56. The summed E-state index contributed by atoms with van der Waals surface area (Å²) >= 11 is 0. The second kappa shape index (κ2) is 9.56. The van der Waals surface area contributed by atoms with Crippen LogP contribution in [0.5, 0.6) is 5.88 Å². The molecule has 0 saturated carbocycles. The molecule has 0 radical (unpaired) electrons. The van der Waals surface area contributed by atoms with Crippen LogP contribution in [0.25, 0.3) is 0 Å². The first-order valence-corrected chi connectivity index (χ1v) is 9.04. The summed E-state index contributed by atoms with van der Waals surface area (Å²) in [5.74, 6) is 1.49. The van der Waals surface area contributed by atoms with Crippen molar-refractivity contribution in [1.29, 1.82) is 0 Å². The van der Waals surface area contributed by atoms with Crippen LogP contribution >= 0.6 is 0 Å². The quantitative estimate of drug-likeness (QED) is 0.514. The Morgan fingerprint density at radius 3 is 2.72 bits per heavy atom. The predicted molar refractivity (Wildman–Crippen MR) is 96.9 cm³/mol. The third kappa shape index (κ3) is 5.85. The highest BCUT2D eigenvalue weighted by molar-refractivity contribution is 5.47. The molecule has 0 aliphatic carbocycles. The first-order valence-electron chi connectivity index (χ1n) is 9.04. The first kappa shape index (κ1) is 19.4. The van der Waals surface area contributed by atoms with Crippen LogP contribution in [0.2, 0.25) is 0 Å². The van der Waals surface area contributed by atoms with Crippen LogP contribution in [-0.2, 0) is 4.79 Å². The summed E-state index contributed by atoms with van der Waals surface area (Å²) in [6, 6.07) is 5.73. The maximum absolute atomic E-state index is 14.6. The van der Waals surface area contributed by atoms with E-state index in [2.05, 4.69) is 29.0 Å². The molecule has 0 aromatic carbocycles. The van der Waals surface area contributed by atoms with Gasteiger partial charge in [0.15, 0.2) is 0 Å². The van der Waals surface area contributed by atoms with Gasteiger partial charge < -0.3 is 19.9 Å². The molecule has 7 heteroatoms. The normalized spacial score (nSPS) is 16.5. The van der Waals surface area contributed by atoms with E-state index in [0.717, 1.165) is 25.3 Å². The van der Waals surface area contributed by atoms with Crippen molar-refractivity contribution in [2.24, 2.45) is 0 Å². The Morgan fingerprint density at radius 1 is 1.36 bits per heavy atom. The Morgan fingerprint density at radius 2 is 2.08 bits per heavy atom. The Hall–Kier alpha value is -1.89. The molecular weight excluding hydrogens is 323 g/mol. The van der Waals surface area contributed by atoms with Gasteiger partial charge in [-0.1, -0.05) is 6.07 Å². The summed E-state index contributed by atoms with van der Waals surface area (Å²) in [5, 5.41) is 3.11. The van der Waals surface area contributed by atoms with E-state index in [1.54, 1.807) is 4.90 Å². The summed E-state index contributed by atoms with van der Waals surface area (Å²) in [4.78, 5) is 18.9. The van der Waals surface area contributed by atoms with Gasteiger partial charge in [-0.2, -0.15) is 4.98 Å². The zero-order valence-corrected chi connectivity index (χ0v) is 15.2. The Labute approximate surface area is 149 Å². The van der Waals surface area contributed by atoms with Crippen LogP contribution < -0.4 is 15.0 Å². The number of rotatable bonds is 10. The maximum Gasteiger partial charge on any atom is 0.215 e. The fraction of sp³-hybridized carbons (Fsp3) is 0.667. The number of nitrogens with zero attached hydrogens (tertiary/aromatic N) is 3. The molecule has 1 amide bonds. The van der Waals surface area contributed by atoms with Crippen molar-refractivity contribution in [2.45, 2.75) is 32.4 Å². The number of halogens is 1. The van der Waals surface area contributed by atoms with Crippen LogP contribution in [-0.4, -0.2) is 67.8 Å². The number of aromatic nitrogens is 1. The monoisotopic (exact) mass is 352 g/mol. The highest BCUT2D eigenvalue weighted by atomic mass is 19.1. The van der Waals surface area contributed by atoms with Crippen LogP contribution in [0.1, 0.15) is 26.7 Å². The summed E-state index contributed by atoms with van der Waals surface area (Å²) < 4.78 is 20.3. The van der Waals surface area contributed by atoms with Crippen molar-refractivity contribution in [3.8, 4) is 5.88 Å². The van der Waals surface area contributed by atoms with Crippen molar-refractivity contribution in [3.05, 3.63) is 18.2 Å². The molecule has 6 nitrogen and oxygen atoms in total. The fourth-order valence-electron chi connectivity index (χ4n) is 2.96. The Bertz CT molecular complexity index is 532. The number of likely N-dealkylation sites (tertiary alicyclic amines) is 1. The average Bonchev–Trinajstić information content (AvgIpc) is 2.63. The number of nitrogens with one attached hydrogen (secondary N) is 1. The van der Waals surface area contributed by atoms with E-state index in [9.17, 15) is 9.18 Å². The molecule has 0 atom stereocenters. The highest BCUT2D eigenvalue weighted by Crippen LogP contribution is 2.25. The molecule has 1 fully saturated rings. The number of carbonyl (C=O) groups is 1. The van der Waals surface area contributed by atoms with Crippen molar-refractivity contribution in [1.82, 2.24) is 15.2 Å². The number of hydrogen-bond donors (Lipinski definition) is 1. The lowest BCUT2D eigenvalue weighted by molar-refractivity contribution is -0.120. The first-order chi connectivity index (χ1) is 12.1. The van der Waals surface area contributed by atoms with Gasteiger partial charge in [0, 0.05) is 58.2 Å². The fourth-order valence-corrected chi connectivity index (χ4v) is 2.96. The van der Waals surface area contributed by atoms with Crippen molar-refractivity contribution in [3.63, 3.8) is 0 Å². The van der Waals surface area contributed by atoms with Gasteiger partial charge in [-0.3, -0.25) is 4.79 Å². The number of alkyl halides is 1. The average molecular weight is 352 g/mol. The molecular formula is C18H29FN4O2. The second-order valence-corrected chi connectivity index (χ2v) is 6.32. The number of hydrogen-bond acceptors (Lipinski definition) is 5. The minimum absolute atomic E-state index is 0.288. The van der Waals surface area contributed by atoms with E-state index in [1.165, 1.54) is 0 Å². The molecule has 0 bridgehead atoms. The Kier molecular flexibility index (Phi) is 7.43. The third-order valence-electron chi connectivity index (χ3n) is 4.61. The molecule has 1 saturated heterocycles. The van der Waals surface area contributed by atoms with Gasteiger partial charge in [-0.05, 0) is 19.9 Å². The van der Waals surface area contributed by atoms with Crippen LogP contribution in [0, 0.1) is 0 Å². The Balaban J connectivity index is 1.69. The van der Waals surface area contributed by atoms with E-state index in [1.807, 2.05) is 18.2 Å². The molecule has 1 aliphatic rings. The van der Waals surface area contributed by atoms with Crippen LogP contribution in [0.15, 0.2) is 18.2 Å². The van der Waals surface area contributed by atoms with E-state index < -0.39 is 5.67 Å². The molecule has 1 aromatic rings. The second-order valence-electron chi connectivity index (χ2n) is 6.32. The smallest absolute Gasteiger partial charge is 0.215 e. The zero-order valence-electron chi connectivity index (χ0n) is 15.2. The van der Waals surface area contributed by atoms with Gasteiger partial charge in [0.1, 0.15) is 18.1 Å². The zero-order chi connectivity index (χ0) is 18.1. The molecule has 1 aliphatic heterocycles. The van der Waals surface area contributed by atoms with Crippen LogP contribution in [0.4, 0.5) is 10.2 Å². The molecule has 2 heterocycles. The highest BCUT2D eigenvalue weighted by Gasteiger charge is 2.33. The van der Waals surface area contributed by atoms with Crippen molar-refractivity contribution < 1.29 is 13.9 Å². The number of amides is 1. The molecule has 25 heavy (non-hydrogen) atoms. The largest absolute Gasteiger partial charge is 0.476 e. The number of piperidine rings is 1. The standard InChI is InChI=1S/C18H29FN4O2/c1-3-23(4-2)16-6-5-7-17(21-16)25-13-10-20-14-18(19)8-11-22(15-24)12-9-18/h5-7,15,20H,3-4,8-14H2,1-2H3. The molecule has 0 unspecified atom stereocenters. The third-order valence-corrected chi connectivity index (χ3v) is 4.61. The number of pyridine rings is 1. The molecule has 0 spiro atoms. The van der Waals surface area contributed by atoms with E-state index in [-0.39, 0.29) is 6.54 Å².